The summed E-state index contributed by atoms with van der Waals surface area (Å²) in [5.41, 5.74) is 3.10. The number of nitrogens with zero attached hydrogens (tertiary/aromatic N) is 2. The van der Waals surface area contributed by atoms with Crippen molar-refractivity contribution in [2.75, 3.05) is 33.4 Å². The van der Waals surface area contributed by atoms with Crippen molar-refractivity contribution >= 4 is 41.2 Å². The van der Waals surface area contributed by atoms with Crippen LogP contribution in [0, 0.1) is 17.6 Å². The average Bonchev–Trinajstić information content (AvgIpc) is 3.84. The molecule has 0 bridgehead atoms. The molecule has 1 aromatic heterocycles. The summed E-state index contributed by atoms with van der Waals surface area (Å²) in [5.74, 6) is -2.67. The van der Waals surface area contributed by atoms with Gasteiger partial charge in [0.1, 0.15) is 17.5 Å². The molecule has 14 heteroatoms. The van der Waals surface area contributed by atoms with E-state index in [0.29, 0.717) is 25.2 Å². The zero-order valence-electron chi connectivity index (χ0n) is 26.0. The molecule has 3 aromatic rings. The van der Waals surface area contributed by atoms with E-state index in [2.05, 4.69) is 20.5 Å². The Labute approximate surface area is 270 Å². The van der Waals surface area contributed by atoms with Gasteiger partial charge in [0.25, 0.3) is 12.4 Å². The van der Waals surface area contributed by atoms with Crippen molar-refractivity contribution in [2.45, 2.75) is 45.6 Å². The summed E-state index contributed by atoms with van der Waals surface area (Å²) < 4.78 is 28.8. The Morgan fingerprint density at radius 1 is 1.11 bits per heavy atom. The molecule has 5 rings (SSSR count). The number of benzene rings is 2. The summed E-state index contributed by atoms with van der Waals surface area (Å²) in [6.45, 7) is 6.82. The van der Waals surface area contributed by atoms with E-state index in [9.17, 15) is 23.7 Å². The minimum atomic E-state index is -1.06. The number of methoxy groups -OCH3 is 1. The summed E-state index contributed by atoms with van der Waals surface area (Å²) in [7, 11) is 1.31. The van der Waals surface area contributed by atoms with Gasteiger partial charge in [0.05, 0.1) is 40.0 Å². The van der Waals surface area contributed by atoms with Gasteiger partial charge >= 0.3 is 0 Å². The van der Waals surface area contributed by atoms with Gasteiger partial charge in [0.2, 0.25) is 11.8 Å². The van der Waals surface area contributed by atoms with E-state index in [1.165, 1.54) is 35.5 Å². The number of rotatable bonds is 9. The molecule has 0 aliphatic carbocycles. The molecule has 2 aromatic carbocycles. The summed E-state index contributed by atoms with van der Waals surface area (Å²) in [6, 6.07) is 12.0. The van der Waals surface area contributed by atoms with Crippen molar-refractivity contribution in [3.63, 3.8) is 0 Å². The monoisotopic (exact) mass is 656 g/mol. The lowest BCUT2D eigenvalue weighted by atomic mass is 9.99. The second-order valence-corrected chi connectivity index (χ2v) is 11.0. The van der Waals surface area contributed by atoms with Crippen LogP contribution >= 0.6 is 11.3 Å². The number of likely N-dealkylation sites (tertiary alicyclic amines) is 1. The van der Waals surface area contributed by atoms with Crippen molar-refractivity contribution in [3.8, 4) is 11.1 Å². The third kappa shape index (κ3) is 9.25. The van der Waals surface area contributed by atoms with Crippen molar-refractivity contribution < 1.29 is 37.8 Å². The quantitative estimate of drug-likeness (QED) is 0.253. The maximum Gasteiger partial charge on any atom is 0.292 e. The molecule has 246 valence electrons. The molecule has 3 amide bonds. The van der Waals surface area contributed by atoms with E-state index in [-0.39, 0.29) is 37.6 Å². The fourth-order valence-electron chi connectivity index (χ4n) is 4.95. The van der Waals surface area contributed by atoms with Crippen molar-refractivity contribution in [3.05, 3.63) is 80.6 Å². The topological polar surface area (TPSA) is 153 Å². The zero-order chi connectivity index (χ0) is 33.7. The first-order valence-electron chi connectivity index (χ1n) is 14.6. The molecule has 0 radical (unpaired) electrons. The van der Waals surface area contributed by atoms with Gasteiger partial charge in [-0.1, -0.05) is 32.0 Å². The van der Waals surface area contributed by atoms with Gasteiger partial charge in [-0.2, -0.15) is 0 Å². The SMILES string of the molecule is CC.COC=O.Cc1cc(F)ccc1-c1ccc(C(=O)NCC(=O)N2CC3(CC2C(=O)NCc2cc(N=O)cs2)OCCO3)cc1. The lowest BCUT2D eigenvalue weighted by Gasteiger charge is -2.24. The van der Waals surface area contributed by atoms with Crippen LogP contribution in [-0.4, -0.2) is 74.3 Å². The Balaban J connectivity index is 0.000000891. The van der Waals surface area contributed by atoms with Gasteiger partial charge in [-0.3, -0.25) is 19.2 Å². The molecule has 12 nitrogen and oxygen atoms in total. The van der Waals surface area contributed by atoms with Gasteiger partial charge in [0, 0.05) is 22.2 Å². The number of hydrogen-bond donors (Lipinski definition) is 2. The third-order valence-electron chi connectivity index (χ3n) is 7.05. The highest BCUT2D eigenvalue weighted by molar-refractivity contribution is 7.10. The number of thiophene rings is 1. The molecular weight excluding hydrogens is 619 g/mol. The first-order valence-corrected chi connectivity index (χ1v) is 15.4. The van der Waals surface area contributed by atoms with Gasteiger partial charge in [-0.25, -0.2) is 4.39 Å². The maximum atomic E-state index is 13.4. The Morgan fingerprint density at radius 3 is 2.37 bits per heavy atom. The van der Waals surface area contributed by atoms with Crippen molar-refractivity contribution in [1.82, 2.24) is 15.5 Å². The Bertz CT molecular complexity index is 1510. The number of carbonyl (C=O) groups is 4. The number of carbonyl (C=O) groups excluding carboxylic acids is 4. The van der Waals surface area contributed by atoms with Gasteiger partial charge in [-0.15, -0.1) is 16.2 Å². The van der Waals surface area contributed by atoms with Crippen molar-refractivity contribution in [2.24, 2.45) is 5.18 Å². The third-order valence-corrected chi connectivity index (χ3v) is 7.98. The lowest BCUT2D eigenvalue weighted by molar-refractivity contribution is -0.152. The minimum absolute atomic E-state index is 0.0592. The van der Waals surface area contributed by atoms with Gasteiger partial charge in [-0.05, 0) is 59.1 Å². The Morgan fingerprint density at radius 2 is 1.78 bits per heavy atom. The molecule has 2 aliphatic heterocycles. The van der Waals surface area contributed by atoms with E-state index in [1.54, 1.807) is 41.8 Å². The van der Waals surface area contributed by atoms with Crippen LogP contribution in [-0.2, 0) is 35.1 Å². The van der Waals surface area contributed by atoms with Gasteiger partial charge < -0.3 is 29.7 Å². The number of ether oxygens (including phenoxy) is 3. The first-order chi connectivity index (χ1) is 22.2. The predicted octanol–water partition coefficient (Wildman–Crippen LogP) is 4.47. The Hall–Kier alpha value is -4.53. The highest BCUT2D eigenvalue weighted by atomic mass is 32.1. The van der Waals surface area contributed by atoms with Crippen molar-refractivity contribution in [1.29, 1.82) is 0 Å². The summed E-state index contributed by atoms with van der Waals surface area (Å²) in [6.07, 6.45) is 0.161. The number of nitrogens with one attached hydrogen (secondary N) is 2. The second-order valence-electron chi connectivity index (χ2n) is 9.98. The fraction of sp³-hybridized carbons (Fsp3) is 0.375. The number of amides is 3. The minimum Gasteiger partial charge on any atom is -0.471 e. The van der Waals surface area contributed by atoms with E-state index >= 15 is 0 Å². The molecule has 1 atom stereocenters. The van der Waals surface area contributed by atoms with Gasteiger partial charge in [0.15, 0.2) is 5.79 Å². The molecule has 2 fully saturated rings. The van der Waals surface area contributed by atoms with Crippen LogP contribution in [0.25, 0.3) is 11.1 Å². The van der Waals surface area contributed by atoms with E-state index < -0.39 is 29.6 Å². The Kier molecular flexibility index (Phi) is 13.5. The molecule has 2 aliphatic rings. The van der Waals surface area contributed by atoms with E-state index in [4.69, 9.17) is 14.3 Å². The summed E-state index contributed by atoms with van der Waals surface area (Å²) in [5, 5.41) is 9.90. The molecule has 46 heavy (non-hydrogen) atoms. The number of aryl methyl sites for hydroxylation is 1. The highest BCUT2D eigenvalue weighted by Gasteiger charge is 2.52. The molecule has 3 heterocycles. The lowest BCUT2D eigenvalue weighted by Crippen LogP contribution is -2.49. The average molecular weight is 657 g/mol. The largest absolute Gasteiger partial charge is 0.471 e. The second kappa shape index (κ2) is 17.2. The number of halogens is 1. The molecule has 1 spiro atoms. The van der Waals surface area contributed by atoms with E-state index in [1.807, 2.05) is 20.8 Å². The molecule has 1 unspecified atom stereocenters. The normalized spacial score (nSPS) is 15.9. The standard InChI is InChI=1S/C28H27FN4O6S.C2H4O2.C2H6/c1-17-10-20(29)6-7-23(17)18-2-4-19(5-3-18)26(35)31-14-25(34)33-16-28(38-8-9-39-28)12-24(33)27(36)30-13-22-11-21(32-37)15-40-22;1-4-2-3;1-2/h2-7,10-11,15,24H,8-9,12-14,16H2,1H3,(H,30,36)(H,31,35);2H,1H3;1-2H3. The molecule has 2 N–H and O–H groups in total. The van der Waals surface area contributed by atoms with Crippen LogP contribution in [0.1, 0.15) is 41.1 Å². The van der Waals surface area contributed by atoms with Crippen LogP contribution in [0.5, 0.6) is 0 Å². The molecule has 2 saturated heterocycles. The number of nitroso groups, excluding NO2 is 1. The first kappa shape index (κ1) is 35.9. The fourth-order valence-corrected chi connectivity index (χ4v) is 5.68. The number of hydrogen-bond acceptors (Lipinski definition) is 10. The highest BCUT2D eigenvalue weighted by Crippen LogP contribution is 2.35. The molecular formula is C32H37FN4O8S. The zero-order valence-corrected chi connectivity index (χ0v) is 26.9. The van der Waals surface area contributed by atoms with E-state index in [0.717, 1.165) is 21.6 Å². The van der Waals surface area contributed by atoms with Crippen LogP contribution in [0.15, 0.2) is 59.1 Å². The summed E-state index contributed by atoms with van der Waals surface area (Å²) in [4.78, 5) is 60.8. The maximum absolute atomic E-state index is 13.4. The van der Waals surface area contributed by atoms with Crippen LogP contribution in [0.2, 0.25) is 0 Å². The summed E-state index contributed by atoms with van der Waals surface area (Å²) >= 11 is 1.29. The smallest absolute Gasteiger partial charge is 0.292 e. The predicted molar refractivity (Wildman–Crippen MR) is 170 cm³/mol. The van der Waals surface area contributed by atoms with Crippen LogP contribution in [0.3, 0.4) is 0 Å². The molecule has 0 saturated carbocycles. The van der Waals surface area contributed by atoms with Crippen LogP contribution in [0.4, 0.5) is 10.1 Å². The van der Waals surface area contributed by atoms with Crippen LogP contribution < -0.4 is 10.6 Å².